The minimum Gasteiger partial charge on any atom is -0.467 e. The van der Waals surface area contributed by atoms with Crippen molar-refractivity contribution in [3.8, 4) is 5.75 Å². The molecule has 4 heteroatoms. The molecule has 0 spiro atoms. The van der Waals surface area contributed by atoms with Crippen molar-refractivity contribution < 1.29 is 9.47 Å². The molecule has 0 radical (unpaired) electrons. The van der Waals surface area contributed by atoms with E-state index in [0.717, 1.165) is 29.3 Å². The molecule has 0 aromatic heterocycles. The minimum absolute atomic E-state index is 0.209. The fourth-order valence-electron chi connectivity index (χ4n) is 1.65. The van der Waals surface area contributed by atoms with Crippen molar-refractivity contribution in [3.05, 3.63) is 28.8 Å². The fourth-order valence-corrected chi connectivity index (χ4v) is 1.83. The lowest BCUT2D eigenvalue weighted by molar-refractivity contribution is 0.0216. The van der Waals surface area contributed by atoms with Crippen molar-refractivity contribution in [2.45, 2.75) is 33.2 Å². The smallest absolute Gasteiger partial charge is 0.189 e. The van der Waals surface area contributed by atoms with Crippen LogP contribution in [-0.2, 0) is 4.74 Å². The van der Waals surface area contributed by atoms with Crippen LogP contribution in [0, 0.1) is 0 Å². The molecule has 0 saturated heterocycles. The van der Waals surface area contributed by atoms with E-state index in [1.807, 2.05) is 25.1 Å². The standard InChI is InChI=1S/C14H22ClNO2/c1-4-8-16-11(3)13-9-12(15)6-7-14(13)18-10-17-5-2/h6-7,9,11,16H,4-5,8,10H2,1-3H3. The van der Waals surface area contributed by atoms with Crippen LogP contribution in [0.25, 0.3) is 0 Å². The second-order valence-electron chi connectivity index (χ2n) is 4.11. The molecule has 0 aliphatic carbocycles. The molecule has 102 valence electrons. The summed E-state index contributed by atoms with van der Waals surface area (Å²) in [7, 11) is 0. The highest BCUT2D eigenvalue weighted by Crippen LogP contribution is 2.28. The maximum absolute atomic E-state index is 6.04. The normalized spacial score (nSPS) is 12.4. The monoisotopic (exact) mass is 271 g/mol. The molecule has 1 atom stereocenters. The number of hydrogen-bond donors (Lipinski definition) is 1. The third kappa shape index (κ3) is 4.84. The molecule has 1 aromatic carbocycles. The summed E-state index contributed by atoms with van der Waals surface area (Å²) in [6.07, 6.45) is 1.10. The zero-order chi connectivity index (χ0) is 13.4. The van der Waals surface area contributed by atoms with E-state index < -0.39 is 0 Å². The van der Waals surface area contributed by atoms with E-state index in [-0.39, 0.29) is 12.8 Å². The SMILES string of the molecule is CCCNC(C)c1cc(Cl)ccc1OCOCC. The third-order valence-corrected chi connectivity index (χ3v) is 2.88. The van der Waals surface area contributed by atoms with Crippen molar-refractivity contribution in [1.29, 1.82) is 0 Å². The summed E-state index contributed by atoms with van der Waals surface area (Å²) in [4.78, 5) is 0. The largest absolute Gasteiger partial charge is 0.467 e. The summed E-state index contributed by atoms with van der Waals surface area (Å²) in [6.45, 7) is 8.08. The van der Waals surface area contributed by atoms with Gasteiger partial charge < -0.3 is 14.8 Å². The van der Waals surface area contributed by atoms with Crippen LogP contribution in [0.4, 0.5) is 0 Å². The van der Waals surface area contributed by atoms with E-state index in [9.17, 15) is 0 Å². The Labute approximate surface area is 114 Å². The van der Waals surface area contributed by atoms with Crippen LogP contribution >= 0.6 is 11.6 Å². The number of halogens is 1. The first-order chi connectivity index (χ1) is 8.69. The maximum atomic E-state index is 6.04. The number of ether oxygens (including phenoxy) is 2. The van der Waals surface area contributed by atoms with E-state index in [2.05, 4.69) is 19.2 Å². The van der Waals surface area contributed by atoms with E-state index in [1.54, 1.807) is 0 Å². The van der Waals surface area contributed by atoms with Crippen molar-refractivity contribution in [1.82, 2.24) is 5.32 Å². The Balaban J connectivity index is 2.75. The third-order valence-electron chi connectivity index (χ3n) is 2.64. The molecule has 1 rings (SSSR count). The number of hydrogen-bond acceptors (Lipinski definition) is 3. The van der Waals surface area contributed by atoms with Crippen LogP contribution in [0.5, 0.6) is 5.75 Å². The molecule has 0 aliphatic rings. The van der Waals surface area contributed by atoms with Gasteiger partial charge in [0, 0.05) is 23.2 Å². The van der Waals surface area contributed by atoms with E-state index in [4.69, 9.17) is 21.1 Å². The zero-order valence-corrected chi connectivity index (χ0v) is 12.1. The summed E-state index contributed by atoms with van der Waals surface area (Å²) in [5, 5.41) is 4.15. The van der Waals surface area contributed by atoms with Gasteiger partial charge in [-0.3, -0.25) is 0 Å². The summed E-state index contributed by atoms with van der Waals surface area (Å²) >= 11 is 6.04. The molecule has 0 bridgehead atoms. The average Bonchev–Trinajstić information content (AvgIpc) is 2.38. The van der Waals surface area contributed by atoms with Crippen LogP contribution < -0.4 is 10.1 Å². The van der Waals surface area contributed by atoms with Gasteiger partial charge >= 0.3 is 0 Å². The Bertz CT molecular complexity index is 358. The number of nitrogens with one attached hydrogen (secondary N) is 1. The molecule has 0 saturated carbocycles. The number of rotatable bonds is 8. The van der Waals surface area contributed by atoms with Gasteiger partial charge in [-0.25, -0.2) is 0 Å². The minimum atomic E-state index is 0.209. The molecule has 1 unspecified atom stereocenters. The lowest BCUT2D eigenvalue weighted by atomic mass is 10.1. The van der Waals surface area contributed by atoms with Crippen molar-refractivity contribution >= 4 is 11.6 Å². The lowest BCUT2D eigenvalue weighted by Crippen LogP contribution is -2.20. The highest BCUT2D eigenvalue weighted by atomic mass is 35.5. The lowest BCUT2D eigenvalue weighted by Gasteiger charge is -2.18. The average molecular weight is 272 g/mol. The topological polar surface area (TPSA) is 30.5 Å². The second kappa shape index (κ2) is 8.35. The Morgan fingerprint density at radius 2 is 2.11 bits per heavy atom. The molecule has 1 N–H and O–H groups in total. The summed E-state index contributed by atoms with van der Waals surface area (Å²) < 4.78 is 10.8. The van der Waals surface area contributed by atoms with Crippen molar-refractivity contribution in [3.63, 3.8) is 0 Å². The fraction of sp³-hybridized carbons (Fsp3) is 0.571. The van der Waals surface area contributed by atoms with Crippen LogP contribution in [0.3, 0.4) is 0 Å². The number of benzene rings is 1. The molecule has 0 fully saturated rings. The van der Waals surface area contributed by atoms with E-state index >= 15 is 0 Å². The van der Waals surface area contributed by atoms with Crippen LogP contribution in [0.2, 0.25) is 5.02 Å². The zero-order valence-electron chi connectivity index (χ0n) is 11.3. The van der Waals surface area contributed by atoms with Gasteiger partial charge in [-0.15, -0.1) is 0 Å². The van der Waals surface area contributed by atoms with Gasteiger partial charge in [0.25, 0.3) is 0 Å². The highest BCUT2D eigenvalue weighted by molar-refractivity contribution is 6.30. The Kier molecular flexibility index (Phi) is 7.09. The van der Waals surface area contributed by atoms with Crippen molar-refractivity contribution in [2.75, 3.05) is 19.9 Å². The Hall–Kier alpha value is -0.770. The van der Waals surface area contributed by atoms with Crippen LogP contribution in [-0.4, -0.2) is 19.9 Å². The quantitative estimate of drug-likeness (QED) is 0.577. The summed E-state index contributed by atoms with van der Waals surface area (Å²) in [6, 6.07) is 5.87. The van der Waals surface area contributed by atoms with Gasteiger partial charge in [-0.1, -0.05) is 18.5 Å². The molecular formula is C14H22ClNO2. The molecule has 0 amide bonds. The van der Waals surface area contributed by atoms with Crippen LogP contribution in [0.15, 0.2) is 18.2 Å². The second-order valence-corrected chi connectivity index (χ2v) is 4.55. The van der Waals surface area contributed by atoms with Gasteiger partial charge in [0.2, 0.25) is 0 Å². The van der Waals surface area contributed by atoms with Gasteiger partial charge in [0.15, 0.2) is 6.79 Å². The van der Waals surface area contributed by atoms with Gasteiger partial charge in [0.05, 0.1) is 0 Å². The molecule has 0 heterocycles. The molecule has 0 aliphatic heterocycles. The Morgan fingerprint density at radius 1 is 1.33 bits per heavy atom. The summed E-state index contributed by atoms with van der Waals surface area (Å²) in [5.74, 6) is 0.823. The van der Waals surface area contributed by atoms with Gasteiger partial charge in [0.1, 0.15) is 5.75 Å². The molecule has 18 heavy (non-hydrogen) atoms. The molecule has 3 nitrogen and oxygen atoms in total. The van der Waals surface area contributed by atoms with Crippen molar-refractivity contribution in [2.24, 2.45) is 0 Å². The van der Waals surface area contributed by atoms with E-state index in [0.29, 0.717) is 6.61 Å². The highest BCUT2D eigenvalue weighted by Gasteiger charge is 2.11. The Morgan fingerprint density at radius 3 is 2.78 bits per heavy atom. The summed E-state index contributed by atoms with van der Waals surface area (Å²) in [5.41, 5.74) is 1.07. The maximum Gasteiger partial charge on any atom is 0.189 e. The van der Waals surface area contributed by atoms with E-state index in [1.165, 1.54) is 0 Å². The first-order valence-corrected chi connectivity index (χ1v) is 6.80. The predicted molar refractivity (Wildman–Crippen MR) is 75.3 cm³/mol. The van der Waals surface area contributed by atoms with Crippen LogP contribution in [0.1, 0.15) is 38.8 Å². The van der Waals surface area contributed by atoms with Gasteiger partial charge in [-0.2, -0.15) is 0 Å². The molecule has 1 aromatic rings. The molecular weight excluding hydrogens is 250 g/mol. The van der Waals surface area contributed by atoms with Gasteiger partial charge in [-0.05, 0) is 45.0 Å². The predicted octanol–water partition coefficient (Wildman–Crippen LogP) is 3.77. The first kappa shape index (κ1) is 15.3. The first-order valence-electron chi connectivity index (χ1n) is 6.42.